The summed E-state index contributed by atoms with van der Waals surface area (Å²) in [5, 5.41) is 23.1. The minimum Gasteiger partial charge on any atom is -0.481 e. The van der Waals surface area contributed by atoms with E-state index < -0.39 is 17.5 Å². The highest BCUT2D eigenvalue weighted by atomic mass is 35.5. The average Bonchev–Trinajstić information content (AvgIpc) is 3.45. The van der Waals surface area contributed by atoms with Crippen LogP contribution < -0.4 is 0 Å². The number of rotatable bonds is 11. The Hall–Kier alpha value is -2.25. The van der Waals surface area contributed by atoms with Gasteiger partial charge in [0.25, 0.3) is 0 Å². The second-order valence-corrected chi connectivity index (χ2v) is 21.6. The van der Waals surface area contributed by atoms with Gasteiger partial charge in [0, 0.05) is 43.0 Å². The van der Waals surface area contributed by atoms with Gasteiger partial charge in [-0.25, -0.2) is 0 Å². The Balaban J connectivity index is 1.20. The van der Waals surface area contributed by atoms with Gasteiger partial charge in [-0.15, -0.1) is 0 Å². The number of carbonyl (C=O) groups is 2. The highest BCUT2D eigenvalue weighted by Crippen LogP contribution is 2.77. The number of aliphatic hydroxyl groups excluding tert-OH is 1. The fourth-order valence-electron chi connectivity index (χ4n) is 14.4. The van der Waals surface area contributed by atoms with E-state index in [0.717, 1.165) is 75.2 Å². The van der Waals surface area contributed by atoms with Gasteiger partial charge < -0.3 is 15.1 Å². The lowest BCUT2D eigenvalue weighted by atomic mass is 9.33. The standard InChI is InChI=1S/C49H71ClN2O4/c1-31(2)42-38(53)28-49(41(54)30-52(27-26-51(8)9)29-32-10-16-35(50)17-11-32)25-24-47(6)37(43(42)49)18-19-40-46(5)22-20-36(33-12-14-34(15-13-33)44(55)56)45(3,4)39(46)21-23-48(40,47)7/h10-12,16-17,20,31,34,37,39-41,54H,13-15,18-19,21-30H2,1-9H3,(H,55,56)/t34?,37?,39?,40?,41?,46-,47+,48+,49-/m0/s1. The molecule has 0 spiro atoms. The molecular weight excluding hydrogens is 716 g/mol. The van der Waals surface area contributed by atoms with Gasteiger partial charge >= 0.3 is 5.97 Å². The maximum Gasteiger partial charge on any atom is 0.306 e. The monoisotopic (exact) mass is 787 g/mol. The van der Waals surface area contributed by atoms with E-state index in [0.29, 0.717) is 37.1 Å². The van der Waals surface area contributed by atoms with Gasteiger partial charge in [-0.3, -0.25) is 14.5 Å². The van der Waals surface area contributed by atoms with E-state index in [1.165, 1.54) is 35.1 Å². The normalized spacial score (nSPS) is 37.1. The van der Waals surface area contributed by atoms with Crippen molar-refractivity contribution in [2.24, 2.45) is 56.7 Å². The number of benzene rings is 1. The highest BCUT2D eigenvalue weighted by Gasteiger charge is 2.70. The lowest BCUT2D eigenvalue weighted by molar-refractivity contribution is -0.202. The van der Waals surface area contributed by atoms with Gasteiger partial charge in [-0.2, -0.15) is 0 Å². The molecule has 2 N–H and O–H groups in total. The second kappa shape index (κ2) is 15.1. The number of likely N-dealkylation sites (N-methyl/N-ethyl adjacent to an activating group) is 1. The van der Waals surface area contributed by atoms with Crippen LogP contribution in [0.15, 0.2) is 58.7 Å². The fraction of sp³-hybridized carbons (Fsp3) is 0.714. The molecule has 0 radical (unpaired) electrons. The van der Waals surface area contributed by atoms with Crippen molar-refractivity contribution in [2.75, 3.05) is 33.7 Å². The first-order chi connectivity index (χ1) is 26.3. The smallest absolute Gasteiger partial charge is 0.306 e. The number of aliphatic carboxylic acids is 1. The van der Waals surface area contributed by atoms with E-state index >= 15 is 0 Å². The molecule has 56 heavy (non-hydrogen) atoms. The molecule has 6 aliphatic rings. The zero-order chi connectivity index (χ0) is 40.6. The second-order valence-electron chi connectivity index (χ2n) is 21.1. The van der Waals surface area contributed by atoms with Gasteiger partial charge in [0.05, 0.1) is 12.0 Å². The maximum absolute atomic E-state index is 14.3. The molecule has 0 bridgehead atoms. The third-order valence-electron chi connectivity index (χ3n) is 17.4. The molecule has 308 valence electrons. The van der Waals surface area contributed by atoms with Crippen LogP contribution in [0.5, 0.6) is 0 Å². The van der Waals surface area contributed by atoms with Crippen LogP contribution in [0.25, 0.3) is 0 Å². The number of carboxylic acids is 1. The molecule has 9 atom stereocenters. The molecule has 7 rings (SSSR count). The first-order valence-electron chi connectivity index (χ1n) is 22.0. The van der Waals surface area contributed by atoms with E-state index in [1.807, 2.05) is 12.1 Å². The molecule has 0 saturated heterocycles. The van der Waals surface area contributed by atoms with Crippen LogP contribution in [-0.4, -0.2) is 71.6 Å². The Labute approximate surface area is 343 Å². The number of nitrogens with zero attached hydrogens (tertiary/aromatic N) is 2. The first kappa shape index (κ1) is 41.9. The van der Waals surface area contributed by atoms with Crippen molar-refractivity contribution in [3.63, 3.8) is 0 Å². The van der Waals surface area contributed by atoms with E-state index in [4.69, 9.17) is 11.6 Å². The molecule has 0 aliphatic heterocycles. The van der Waals surface area contributed by atoms with Crippen LogP contribution in [0.3, 0.4) is 0 Å². The topological polar surface area (TPSA) is 81.1 Å². The number of Topliss-reactive ketones (excluding diaryl/α,β-unsaturated/α-hetero) is 1. The number of halogens is 1. The zero-order valence-corrected chi connectivity index (χ0v) is 36.8. The van der Waals surface area contributed by atoms with Crippen molar-refractivity contribution >= 4 is 23.4 Å². The molecule has 3 fully saturated rings. The predicted molar refractivity (Wildman–Crippen MR) is 227 cm³/mol. The summed E-state index contributed by atoms with van der Waals surface area (Å²) in [6, 6.07) is 8.07. The zero-order valence-electron chi connectivity index (χ0n) is 36.0. The molecule has 5 unspecified atom stereocenters. The maximum atomic E-state index is 14.3. The molecule has 1 aromatic rings. The van der Waals surface area contributed by atoms with Crippen LogP contribution in [0.2, 0.25) is 5.02 Å². The number of aliphatic hydroxyl groups is 1. The number of ketones is 1. The first-order valence-corrected chi connectivity index (χ1v) is 22.4. The van der Waals surface area contributed by atoms with Crippen LogP contribution in [0.4, 0.5) is 0 Å². The van der Waals surface area contributed by atoms with Gasteiger partial charge in [-0.05, 0) is 158 Å². The van der Waals surface area contributed by atoms with Crippen molar-refractivity contribution < 1.29 is 19.8 Å². The van der Waals surface area contributed by atoms with Crippen LogP contribution >= 0.6 is 11.6 Å². The third-order valence-corrected chi connectivity index (χ3v) is 17.7. The quantitative estimate of drug-likeness (QED) is 0.233. The number of carbonyl (C=O) groups excluding carboxylic acids is 1. The number of allylic oxidation sites excluding steroid dienone is 5. The largest absolute Gasteiger partial charge is 0.481 e. The summed E-state index contributed by atoms with van der Waals surface area (Å²) in [4.78, 5) is 30.7. The van der Waals surface area contributed by atoms with Crippen molar-refractivity contribution in [1.82, 2.24) is 9.80 Å². The number of hydrogen-bond donors (Lipinski definition) is 2. The summed E-state index contributed by atoms with van der Waals surface area (Å²) in [5.41, 5.74) is 6.27. The van der Waals surface area contributed by atoms with Crippen LogP contribution in [0.1, 0.15) is 125 Å². The van der Waals surface area contributed by atoms with Gasteiger partial charge in [0.1, 0.15) is 0 Å². The Morgan fingerprint density at radius 1 is 0.911 bits per heavy atom. The molecule has 0 heterocycles. The van der Waals surface area contributed by atoms with Gasteiger partial charge in [0.2, 0.25) is 0 Å². The summed E-state index contributed by atoms with van der Waals surface area (Å²) in [5.74, 6) is 0.914. The molecule has 6 nitrogen and oxygen atoms in total. The third kappa shape index (κ3) is 6.73. The van der Waals surface area contributed by atoms with Crippen molar-refractivity contribution in [1.29, 1.82) is 0 Å². The fourth-order valence-corrected chi connectivity index (χ4v) is 14.5. The average molecular weight is 788 g/mol. The highest BCUT2D eigenvalue weighted by molar-refractivity contribution is 6.30. The lowest BCUT2D eigenvalue weighted by Crippen LogP contribution is -2.65. The van der Waals surface area contributed by atoms with Gasteiger partial charge in [0.15, 0.2) is 5.78 Å². The Bertz CT molecular complexity index is 1790. The molecule has 0 aromatic heterocycles. The summed E-state index contributed by atoms with van der Waals surface area (Å²) in [7, 11) is 4.20. The molecule has 7 heteroatoms. The number of fused-ring (bicyclic) bond motifs is 7. The van der Waals surface area contributed by atoms with Gasteiger partial charge in [-0.1, -0.05) is 89.9 Å². The summed E-state index contributed by atoms with van der Waals surface area (Å²) >= 11 is 6.25. The Kier molecular flexibility index (Phi) is 11.3. The molecule has 3 saturated carbocycles. The van der Waals surface area contributed by atoms with E-state index in [9.17, 15) is 19.8 Å². The van der Waals surface area contributed by atoms with Crippen molar-refractivity contribution in [3.05, 3.63) is 69.3 Å². The molecule has 0 amide bonds. The lowest BCUT2D eigenvalue weighted by Gasteiger charge is -2.71. The SMILES string of the molecule is CC(C)C1=C2C3CCC4[C@@]5(C)CC=C(C6=CCC(C(=O)O)CC6)C(C)(C)C5CC[C@@]4(C)[C@]3(C)CC[C@@]2(C(O)CN(CCN(C)C)Cc2ccc(Cl)cc2)CC1=O. The Morgan fingerprint density at radius 2 is 1.62 bits per heavy atom. The minimum absolute atomic E-state index is 0.0233. The molecule has 6 aliphatic carbocycles. The van der Waals surface area contributed by atoms with Crippen LogP contribution in [0, 0.1) is 56.7 Å². The van der Waals surface area contributed by atoms with E-state index in [1.54, 1.807) is 0 Å². The Morgan fingerprint density at radius 3 is 2.25 bits per heavy atom. The number of carboxylic acid groups (broad SMARTS) is 1. The van der Waals surface area contributed by atoms with E-state index in [-0.39, 0.29) is 39.3 Å². The summed E-state index contributed by atoms with van der Waals surface area (Å²) < 4.78 is 0. The summed E-state index contributed by atoms with van der Waals surface area (Å²) in [6.07, 6.45) is 14.5. The predicted octanol–water partition coefficient (Wildman–Crippen LogP) is 10.4. The molecular formula is C49H71ClN2O4. The molecule has 1 aromatic carbocycles. The minimum atomic E-state index is -0.663. The van der Waals surface area contributed by atoms with E-state index in [2.05, 4.69) is 96.6 Å². The number of hydrogen-bond acceptors (Lipinski definition) is 5. The van der Waals surface area contributed by atoms with Crippen LogP contribution in [-0.2, 0) is 16.1 Å². The van der Waals surface area contributed by atoms with Crippen molar-refractivity contribution in [3.8, 4) is 0 Å². The summed E-state index contributed by atoms with van der Waals surface area (Å²) in [6.45, 7) is 20.2. The van der Waals surface area contributed by atoms with Crippen molar-refractivity contribution in [2.45, 2.75) is 132 Å².